The Morgan fingerprint density at radius 2 is 2.07 bits per heavy atom. The minimum atomic E-state index is -2.08. The average Bonchev–Trinajstić information content (AvgIpc) is 3.25. The zero-order valence-corrected chi connectivity index (χ0v) is 16.0. The van der Waals surface area contributed by atoms with E-state index in [9.17, 15) is 5.11 Å². The molecule has 0 bridgehead atoms. The summed E-state index contributed by atoms with van der Waals surface area (Å²) in [6.07, 6.45) is -0.609. The summed E-state index contributed by atoms with van der Waals surface area (Å²) in [4.78, 5) is 12.5. The van der Waals surface area contributed by atoms with Crippen molar-refractivity contribution in [2.75, 3.05) is 25.8 Å². The summed E-state index contributed by atoms with van der Waals surface area (Å²) in [5, 5.41) is 13.4. The van der Waals surface area contributed by atoms with Crippen molar-refractivity contribution < 1.29 is 23.7 Å². The van der Waals surface area contributed by atoms with Crippen LogP contribution < -0.4 is 10.1 Å². The van der Waals surface area contributed by atoms with Gasteiger partial charge in [0.2, 0.25) is 0 Å². The molecule has 0 radical (unpaired) electrons. The van der Waals surface area contributed by atoms with E-state index in [0.717, 1.165) is 0 Å². The Kier molecular flexibility index (Phi) is 5.31. The Balaban J connectivity index is 1.45. The summed E-state index contributed by atoms with van der Waals surface area (Å²) >= 11 is 0. The molecule has 154 valence electrons. The van der Waals surface area contributed by atoms with E-state index < -0.39 is 24.1 Å². The second-order valence-corrected chi connectivity index (χ2v) is 6.87. The van der Waals surface area contributed by atoms with Crippen LogP contribution >= 0.6 is 0 Å². The molecule has 29 heavy (non-hydrogen) atoms. The molecule has 0 saturated carbocycles. The van der Waals surface area contributed by atoms with Gasteiger partial charge >= 0.3 is 0 Å². The van der Waals surface area contributed by atoms with Gasteiger partial charge < -0.3 is 24.6 Å². The monoisotopic (exact) mass is 403 g/mol. The number of para-hydroxylation sites is 1. The first kappa shape index (κ1) is 19.5. The maximum absolute atomic E-state index is 15.4. The molecule has 1 fully saturated rings. The number of hydrogen-bond donors (Lipinski definition) is 2. The maximum atomic E-state index is 15.4. The number of aliphatic hydroxyl groups is 1. The highest BCUT2D eigenvalue weighted by Gasteiger charge is 2.55. The van der Waals surface area contributed by atoms with Gasteiger partial charge in [-0.2, -0.15) is 0 Å². The Morgan fingerprint density at radius 3 is 2.83 bits per heavy atom. The minimum Gasteiger partial charge on any atom is -0.468 e. The number of aliphatic hydroxyl groups excluding tert-OH is 1. The van der Waals surface area contributed by atoms with Gasteiger partial charge in [0.15, 0.2) is 30.2 Å². The van der Waals surface area contributed by atoms with Crippen molar-refractivity contribution in [2.24, 2.45) is 0 Å². The summed E-state index contributed by atoms with van der Waals surface area (Å²) < 4.78 is 33.5. The molecule has 2 N–H and O–H groups in total. The minimum absolute atomic E-state index is 0.0343. The quantitative estimate of drug-likeness (QED) is 0.456. The van der Waals surface area contributed by atoms with Gasteiger partial charge in [-0.05, 0) is 19.1 Å². The maximum Gasteiger partial charge on any atom is 0.189 e. The number of rotatable bonds is 7. The lowest BCUT2D eigenvalue weighted by Crippen LogP contribution is -2.40. The molecule has 4 atom stereocenters. The molecule has 1 aliphatic heterocycles. The molecule has 10 heteroatoms. The third kappa shape index (κ3) is 3.61. The van der Waals surface area contributed by atoms with Crippen LogP contribution in [0.5, 0.6) is 5.75 Å². The highest BCUT2D eigenvalue weighted by Crippen LogP contribution is 2.42. The van der Waals surface area contributed by atoms with Crippen molar-refractivity contribution in [3.63, 3.8) is 0 Å². The Labute approximate surface area is 166 Å². The van der Waals surface area contributed by atoms with Crippen molar-refractivity contribution in [3.8, 4) is 5.75 Å². The molecule has 1 saturated heterocycles. The van der Waals surface area contributed by atoms with Crippen LogP contribution in [0.1, 0.15) is 13.2 Å². The van der Waals surface area contributed by atoms with Crippen LogP contribution in [0.25, 0.3) is 11.2 Å². The topological polar surface area (TPSA) is 104 Å². The molecule has 0 spiro atoms. The van der Waals surface area contributed by atoms with E-state index in [4.69, 9.17) is 14.2 Å². The molecule has 3 aromatic rings. The molecule has 0 aliphatic carbocycles. The third-order valence-electron chi connectivity index (χ3n) is 4.90. The molecule has 9 nitrogen and oxygen atoms in total. The summed E-state index contributed by atoms with van der Waals surface area (Å²) in [6.45, 7) is 1.21. The van der Waals surface area contributed by atoms with Crippen molar-refractivity contribution in [1.29, 1.82) is 0 Å². The molecule has 0 amide bonds. The van der Waals surface area contributed by atoms with Crippen LogP contribution in [0.4, 0.5) is 10.2 Å². The number of aromatic nitrogens is 4. The van der Waals surface area contributed by atoms with E-state index in [2.05, 4.69) is 20.3 Å². The van der Waals surface area contributed by atoms with E-state index in [1.807, 2.05) is 18.2 Å². The zero-order valence-electron chi connectivity index (χ0n) is 16.0. The smallest absolute Gasteiger partial charge is 0.189 e. The lowest BCUT2D eigenvalue weighted by atomic mass is 9.98. The molecule has 0 unspecified atom stereocenters. The van der Waals surface area contributed by atoms with Crippen LogP contribution in [0.3, 0.4) is 0 Å². The summed E-state index contributed by atoms with van der Waals surface area (Å²) in [5.41, 5.74) is -1.19. The molecular weight excluding hydrogens is 381 g/mol. The van der Waals surface area contributed by atoms with Gasteiger partial charge in [-0.25, -0.2) is 19.3 Å². The molecule has 1 aromatic carbocycles. The number of ether oxygens (including phenoxy) is 3. The van der Waals surface area contributed by atoms with Crippen molar-refractivity contribution in [1.82, 2.24) is 19.5 Å². The number of benzene rings is 1. The molecule has 2 aromatic heterocycles. The second-order valence-electron chi connectivity index (χ2n) is 6.87. The van der Waals surface area contributed by atoms with Gasteiger partial charge in [0, 0.05) is 7.05 Å². The molecule has 3 heterocycles. The van der Waals surface area contributed by atoms with Crippen LogP contribution in [0.2, 0.25) is 0 Å². The standard InChI is InChI=1S/C19H22FN5O4/c1-19(20)15(26)13(8-27-11-28-12-6-4-3-5-7-12)29-18(19)25-10-24-14-16(21-2)22-9-23-17(14)25/h3-7,9-10,13,15,18,26H,8,11H2,1-2H3,(H,21,22,23)/t13-,15-,18-,19-/m1/s1. The predicted octanol–water partition coefficient (Wildman–Crippen LogP) is 1.91. The molecule has 1 aliphatic rings. The van der Waals surface area contributed by atoms with Crippen molar-refractivity contribution >= 4 is 17.0 Å². The van der Waals surface area contributed by atoms with Gasteiger partial charge in [-0.1, -0.05) is 18.2 Å². The Morgan fingerprint density at radius 1 is 1.28 bits per heavy atom. The molecule has 4 rings (SSSR count). The number of imidazole rings is 1. The van der Waals surface area contributed by atoms with Crippen molar-refractivity contribution in [2.45, 2.75) is 31.0 Å². The summed E-state index contributed by atoms with van der Waals surface area (Å²) in [5.74, 6) is 1.17. The predicted molar refractivity (Wildman–Crippen MR) is 102 cm³/mol. The number of anilines is 1. The zero-order chi connectivity index (χ0) is 20.4. The fourth-order valence-corrected chi connectivity index (χ4v) is 3.35. The first-order valence-corrected chi connectivity index (χ1v) is 9.15. The SMILES string of the molecule is CNc1ncnc2c1ncn2[C@@H]1O[C@H](COCOc2ccccc2)[C@@H](O)[C@@]1(C)F. The molecular formula is C19H22FN5O4. The summed E-state index contributed by atoms with van der Waals surface area (Å²) in [6, 6.07) is 9.16. The van der Waals surface area contributed by atoms with Crippen LogP contribution in [0, 0.1) is 0 Å². The largest absolute Gasteiger partial charge is 0.468 e. The van der Waals surface area contributed by atoms with E-state index >= 15 is 4.39 Å². The second kappa shape index (κ2) is 7.90. The number of hydrogen-bond acceptors (Lipinski definition) is 8. The Hall–Kier alpha value is -2.82. The summed E-state index contributed by atoms with van der Waals surface area (Å²) in [7, 11) is 1.71. The number of fused-ring (bicyclic) bond motifs is 1. The highest BCUT2D eigenvalue weighted by atomic mass is 19.1. The lowest BCUT2D eigenvalue weighted by molar-refractivity contribution is -0.0877. The Bertz CT molecular complexity index is 968. The van der Waals surface area contributed by atoms with E-state index in [0.29, 0.717) is 22.7 Å². The highest BCUT2D eigenvalue weighted by molar-refractivity contribution is 5.82. The van der Waals surface area contributed by atoms with E-state index in [-0.39, 0.29) is 13.4 Å². The van der Waals surface area contributed by atoms with E-state index in [1.54, 1.807) is 19.2 Å². The van der Waals surface area contributed by atoms with Crippen LogP contribution in [0.15, 0.2) is 43.0 Å². The first-order chi connectivity index (χ1) is 14.0. The number of nitrogens with zero attached hydrogens (tertiary/aromatic N) is 4. The van der Waals surface area contributed by atoms with E-state index in [1.165, 1.54) is 24.1 Å². The fourth-order valence-electron chi connectivity index (χ4n) is 3.35. The van der Waals surface area contributed by atoms with Gasteiger partial charge in [0.05, 0.1) is 12.9 Å². The van der Waals surface area contributed by atoms with Gasteiger partial charge in [0.25, 0.3) is 0 Å². The number of nitrogens with one attached hydrogen (secondary N) is 1. The lowest BCUT2D eigenvalue weighted by Gasteiger charge is -2.24. The van der Waals surface area contributed by atoms with Gasteiger partial charge in [0.1, 0.15) is 29.8 Å². The first-order valence-electron chi connectivity index (χ1n) is 9.15. The fraction of sp³-hybridized carbons (Fsp3) is 0.421. The van der Waals surface area contributed by atoms with Crippen LogP contribution in [-0.4, -0.2) is 62.9 Å². The van der Waals surface area contributed by atoms with Crippen LogP contribution in [-0.2, 0) is 9.47 Å². The average molecular weight is 403 g/mol. The third-order valence-corrected chi connectivity index (χ3v) is 4.90. The van der Waals surface area contributed by atoms with Gasteiger partial charge in [-0.3, -0.25) is 4.57 Å². The van der Waals surface area contributed by atoms with Gasteiger partial charge in [-0.15, -0.1) is 0 Å². The number of halogens is 1. The van der Waals surface area contributed by atoms with Crippen molar-refractivity contribution in [3.05, 3.63) is 43.0 Å². The number of alkyl halides is 1. The normalized spacial score (nSPS) is 26.7.